The molecule has 0 aliphatic rings. The summed E-state index contributed by atoms with van der Waals surface area (Å²) in [5.41, 5.74) is 7.12. The third-order valence-electron chi connectivity index (χ3n) is 2.78. The summed E-state index contributed by atoms with van der Waals surface area (Å²) in [4.78, 5) is 0. The first kappa shape index (κ1) is 13.4. The van der Waals surface area contributed by atoms with Crippen LogP contribution in [0.1, 0.15) is 11.1 Å². The average molecular weight is 261 g/mol. The van der Waals surface area contributed by atoms with E-state index in [0.717, 1.165) is 11.1 Å². The van der Waals surface area contributed by atoms with E-state index >= 15 is 0 Å². The van der Waals surface area contributed by atoms with Gasteiger partial charge in [-0.05, 0) is 42.3 Å². The van der Waals surface area contributed by atoms with Crippen LogP contribution in [0.3, 0.4) is 0 Å². The summed E-state index contributed by atoms with van der Waals surface area (Å²) in [6.07, 6.45) is 0.572. The number of para-hydroxylation sites is 1. The second kappa shape index (κ2) is 6.20. The van der Waals surface area contributed by atoms with Crippen molar-refractivity contribution in [3.63, 3.8) is 0 Å². The predicted molar refractivity (Wildman–Crippen MR) is 71.6 cm³/mol. The molecule has 0 spiro atoms. The highest BCUT2D eigenvalue weighted by molar-refractivity contribution is 5.35. The van der Waals surface area contributed by atoms with Gasteiger partial charge in [0.2, 0.25) is 0 Å². The zero-order valence-electron chi connectivity index (χ0n) is 10.5. The first-order valence-electron chi connectivity index (χ1n) is 6.09. The molecule has 0 radical (unpaired) electrons. The van der Waals surface area contributed by atoms with Crippen molar-refractivity contribution < 1.29 is 14.2 Å². The third-order valence-corrected chi connectivity index (χ3v) is 2.78. The monoisotopic (exact) mass is 261 g/mol. The first-order chi connectivity index (χ1) is 9.20. The summed E-state index contributed by atoms with van der Waals surface area (Å²) >= 11 is 0. The lowest BCUT2D eigenvalue weighted by Crippen LogP contribution is -2.06. The Kier molecular flexibility index (Phi) is 4.36. The van der Waals surface area contributed by atoms with E-state index in [4.69, 9.17) is 10.5 Å². The smallest absolute Gasteiger partial charge is 0.165 e. The zero-order chi connectivity index (χ0) is 13.7. The molecule has 0 fully saturated rings. The number of hydrogen-bond donors (Lipinski definition) is 2. The van der Waals surface area contributed by atoms with Crippen LogP contribution < -0.4 is 10.5 Å². The van der Waals surface area contributed by atoms with Crippen molar-refractivity contribution in [3.05, 3.63) is 59.4 Å². The van der Waals surface area contributed by atoms with Crippen LogP contribution in [-0.2, 0) is 13.0 Å². The summed E-state index contributed by atoms with van der Waals surface area (Å²) in [7, 11) is 0. The molecule has 2 aromatic rings. The van der Waals surface area contributed by atoms with E-state index in [1.165, 1.54) is 6.07 Å². The van der Waals surface area contributed by atoms with Crippen LogP contribution in [0.25, 0.3) is 0 Å². The van der Waals surface area contributed by atoms with Crippen molar-refractivity contribution in [1.29, 1.82) is 0 Å². The molecule has 0 amide bonds. The molecule has 0 saturated heterocycles. The predicted octanol–water partition coefficient (Wildman–Crippen LogP) is 2.61. The maximum atomic E-state index is 13.7. The van der Waals surface area contributed by atoms with Crippen LogP contribution in [0.5, 0.6) is 11.5 Å². The quantitative estimate of drug-likeness (QED) is 0.869. The standard InChI is InChI=1S/C15H16FNO2/c16-14-3-1-2-12(8-9-17)15(14)19-10-11-4-6-13(18)7-5-11/h1-7,18H,8-10,17H2. The molecule has 2 aromatic carbocycles. The van der Waals surface area contributed by atoms with Crippen LogP contribution in [0.2, 0.25) is 0 Å². The number of hydrogen-bond acceptors (Lipinski definition) is 3. The van der Waals surface area contributed by atoms with Crippen molar-refractivity contribution >= 4 is 0 Å². The molecule has 0 unspecified atom stereocenters. The number of nitrogens with two attached hydrogens (primary N) is 1. The minimum absolute atomic E-state index is 0.193. The SMILES string of the molecule is NCCc1cccc(F)c1OCc1ccc(O)cc1. The lowest BCUT2D eigenvalue weighted by atomic mass is 10.1. The van der Waals surface area contributed by atoms with Gasteiger partial charge in [0, 0.05) is 0 Å². The highest BCUT2D eigenvalue weighted by Gasteiger charge is 2.09. The molecule has 0 heterocycles. The Hall–Kier alpha value is -2.07. The van der Waals surface area contributed by atoms with Gasteiger partial charge in [-0.15, -0.1) is 0 Å². The third kappa shape index (κ3) is 3.45. The molecule has 0 saturated carbocycles. The van der Waals surface area contributed by atoms with Gasteiger partial charge in [0.1, 0.15) is 12.4 Å². The number of aromatic hydroxyl groups is 1. The van der Waals surface area contributed by atoms with Crippen molar-refractivity contribution in [1.82, 2.24) is 0 Å². The Labute approximate surface area is 111 Å². The van der Waals surface area contributed by atoms with Gasteiger partial charge in [-0.2, -0.15) is 0 Å². The van der Waals surface area contributed by atoms with E-state index in [2.05, 4.69) is 0 Å². The van der Waals surface area contributed by atoms with Crippen LogP contribution in [0, 0.1) is 5.82 Å². The number of ether oxygens (including phenoxy) is 1. The summed E-state index contributed by atoms with van der Waals surface area (Å²) in [5.74, 6) is 0.0595. The maximum absolute atomic E-state index is 13.7. The Morgan fingerprint density at radius 3 is 2.53 bits per heavy atom. The van der Waals surface area contributed by atoms with E-state index in [1.54, 1.807) is 30.3 Å². The fourth-order valence-electron chi connectivity index (χ4n) is 1.82. The van der Waals surface area contributed by atoms with Crippen molar-refractivity contribution in [2.45, 2.75) is 13.0 Å². The molecule has 19 heavy (non-hydrogen) atoms. The second-order valence-electron chi connectivity index (χ2n) is 4.22. The molecule has 2 rings (SSSR count). The van der Waals surface area contributed by atoms with E-state index in [-0.39, 0.29) is 23.9 Å². The summed E-state index contributed by atoms with van der Waals surface area (Å²) in [6.45, 7) is 0.692. The molecule has 0 bridgehead atoms. The fraction of sp³-hybridized carbons (Fsp3) is 0.200. The molecular formula is C15H16FNO2. The van der Waals surface area contributed by atoms with Gasteiger partial charge in [0.15, 0.2) is 11.6 Å². The molecular weight excluding hydrogens is 245 g/mol. The molecule has 0 aliphatic heterocycles. The average Bonchev–Trinajstić information content (AvgIpc) is 2.40. The van der Waals surface area contributed by atoms with Crippen molar-refractivity contribution in [2.75, 3.05) is 6.54 Å². The normalized spacial score (nSPS) is 10.4. The van der Waals surface area contributed by atoms with Crippen LogP contribution in [0.4, 0.5) is 4.39 Å². The van der Waals surface area contributed by atoms with Crippen molar-refractivity contribution in [3.8, 4) is 11.5 Å². The molecule has 3 N–H and O–H groups in total. The zero-order valence-corrected chi connectivity index (χ0v) is 10.5. The van der Waals surface area contributed by atoms with Crippen molar-refractivity contribution in [2.24, 2.45) is 5.73 Å². The Balaban J connectivity index is 2.12. The Bertz CT molecular complexity index is 540. The van der Waals surface area contributed by atoms with E-state index in [0.29, 0.717) is 13.0 Å². The lowest BCUT2D eigenvalue weighted by Gasteiger charge is -2.12. The van der Waals surface area contributed by atoms with Gasteiger partial charge < -0.3 is 15.6 Å². The van der Waals surface area contributed by atoms with Gasteiger partial charge in [0.25, 0.3) is 0 Å². The first-order valence-corrected chi connectivity index (χ1v) is 6.09. The summed E-state index contributed by atoms with van der Waals surface area (Å²) in [5, 5.41) is 9.19. The fourth-order valence-corrected chi connectivity index (χ4v) is 1.82. The topological polar surface area (TPSA) is 55.5 Å². The van der Waals surface area contributed by atoms with Crippen LogP contribution in [-0.4, -0.2) is 11.7 Å². The summed E-state index contributed by atoms with van der Waals surface area (Å²) < 4.78 is 19.3. The molecule has 100 valence electrons. The Morgan fingerprint density at radius 1 is 1.11 bits per heavy atom. The van der Waals surface area contributed by atoms with Crippen LogP contribution >= 0.6 is 0 Å². The highest BCUT2D eigenvalue weighted by Crippen LogP contribution is 2.24. The largest absolute Gasteiger partial charge is 0.508 e. The van der Waals surface area contributed by atoms with Gasteiger partial charge in [-0.25, -0.2) is 4.39 Å². The number of phenols is 1. The lowest BCUT2D eigenvalue weighted by molar-refractivity contribution is 0.287. The Morgan fingerprint density at radius 2 is 1.84 bits per heavy atom. The van der Waals surface area contributed by atoms with Gasteiger partial charge in [-0.1, -0.05) is 24.3 Å². The molecule has 3 nitrogen and oxygen atoms in total. The maximum Gasteiger partial charge on any atom is 0.165 e. The van der Waals surface area contributed by atoms with E-state index in [1.807, 2.05) is 6.07 Å². The number of benzene rings is 2. The van der Waals surface area contributed by atoms with E-state index < -0.39 is 0 Å². The molecule has 4 heteroatoms. The van der Waals surface area contributed by atoms with Gasteiger partial charge in [-0.3, -0.25) is 0 Å². The number of rotatable bonds is 5. The minimum Gasteiger partial charge on any atom is -0.508 e. The van der Waals surface area contributed by atoms with E-state index in [9.17, 15) is 9.50 Å². The van der Waals surface area contributed by atoms with Crippen LogP contribution in [0.15, 0.2) is 42.5 Å². The van der Waals surface area contributed by atoms with Gasteiger partial charge in [0.05, 0.1) is 0 Å². The van der Waals surface area contributed by atoms with Gasteiger partial charge >= 0.3 is 0 Å². The molecule has 0 aliphatic carbocycles. The minimum atomic E-state index is -0.385. The number of halogens is 1. The summed E-state index contributed by atoms with van der Waals surface area (Å²) in [6, 6.07) is 11.4. The number of phenolic OH excluding ortho intramolecular Hbond substituents is 1. The second-order valence-corrected chi connectivity index (χ2v) is 4.22. The molecule has 0 atom stereocenters. The highest BCUT2D eigenvalue weighted by atomic mass is 19.1. The molecule has 0 aromatic heterocycles.